The van der Waals surface area contributed by atoms with E-state index in [1.165, 1.54) is 6.92 Å². The van der Waals surface area contributed by atoms with Gasteiger partial charge in [-0.1, -0.05) is 13.8 Å². The second-order valence-corrected chi connectivity index (χ2v) is 7.44. The summed E-state index contributed by atoms with van der Waals surface area (Å²) < 4.78 is 0. The summed E-state index contributed by atoms with van der Waals surface area (Å²) in [5.41, 5.74) is 5.55. The van der Waals surface area contributed by atoms with Crippen LogP contribution in [0, 0.1) is 5.92 Å². The van der Waals surface area contributed by atoms with E-state index in [1.807, 2.05) is 0 Å². The minimum Gasteiger partial charge on any atom is -0.481 e. The van der Waals surface area contributed by atoms with Crippen molar-refractivity contribution in [2.45, 2.75) is 63.9 Å². The number of aliphatic hydroxyl groups excluding tert-OH is 1. The first kappa shape index (κ1) is 27.6. The topological polar surface area (TPSA) is 208 Å². The standard InChI is InChI=1S/C17H30N4O8S/c1-7(2)12(16(27)21-13(8(3)22)17(28)29)20-15(26)10(4-5-11(23)24)19-14(25)9(18)6-30/h7-10,12-13,22,30H,4-6,18H2,1-3H3,(H,19,25)(H,20,26)(H,21,27)(H,23,24)(H,28,29). The summed E-state index contributed by atoms with van der Waals surface area (Å²) in [5, 5.41) is 34.3. The van der Waals surface area contributed by atoms with E-state index in [0.717, 1.165) is 0 Å². The number of rotatable bonds is 13. The van der Waals surface area contributed by atoms with Crippen molar-refractivity contribution in [3.8, 4) is 0 Å². The highest BCUT2D eigenvalue weighted by atomic mass is 32.1. The van der Waals surface area contributed by atoms with Gasteiger partial charge in [0, 0.05) is 12.2 Å². The number of carboxylic acid groups (broad SMARTS) is 2. The van der Waals surface area contributed by atoms with Crippen molar-refractivity contribution >= 4 is 42.3 Å². The first-order chi connectivity index (χ1) is 13.8. The molecule has 0 fully saturated rings. The summed E-state index contributed by atoms with van der Waals surface area (Å²) in [6.07, 6.45) is -2.08. The monoisotopic (exact) mass is 450 g/mol. The first-order valence-corrected chi connectivity index (χ1v) is 9.85. The molecule has 0 aromatic rings. The van der Waals surface area contributed by atoms with Crippen LogP contribution in [-0.2, 0) is 24.0 Å². The van der Waals surface area contributed by atoms with E-state index in [-0.39, 0.29) is 12.2 Å². The number of carbonyl (C=O) groups is 5. The Labute approximate surface area is 179 Å². The van der Waals surface area contributed by atoms with Gasteiger partial charge < -0.3 is 37.0 Å². The Morgan fingerprint density at radius 1 is 0.900 bits per heavy atom. The summed E-state index contributed by atoms with van der Waals surface area (Å²) in [6.45, 7) is 4.36. The molecule has 0 aromatic carbocycles. The maximum atomic E-state index is 12.7. The molecule has 0 aliphatic rings. The molecule has 0 aliphatic heterocycles. The fraction of sp³-hybridized carbons (Fsp3) is 0.706. The molecule has 3 amide bonds. The van der Waals surface area contributed by atoms with Gasteiger partial charge in [0.1, 0.15) is 12.1 Å². The molecular formula is C17H30N4O8S. The molecule has 172 valence electrons. The molecule has 5 atom stereocenters. The van der Waals surface area contributed by atoms with Gasteiger partial charge in [-0.05, 0) is 19.3 Å². The second kappa shape index (κ2) is 13.0. The number of nitrogens with two attached hydrogens (primary N) is 1. The van der Waals surface area contributed by atoms with Crippen molar-refractivity contribution in [1.29, 1.82) is 0 Å². The van der Waals surface area contributed by atoms with Gasteiger partial charge in [-0.3, -0.25) is 19.2 Å². The normalized spacial score (nSPS) is 16.0. The average Bonchev–Trinajstić information content (AvgIpc) is 2.64. The molecule has 0 aliphatic carbocycles. The Balaban J connectivity index is 5.43. The summed E-state index contributed by atoms with van der Waals surface area (Å²) in [6, 6.07) is -5.12. The van der Waals surface area contributed by atoms with Crippen molar-refractivity contribution in [2.24, 2.45) is 11.7 Å². The van der Waals surface area contributed by atoms with Crippen molar-refractivity contribution in [1.82, 2.24) is 16.0 Å². The molecule has 13 heteroatoms. The van der Waals surface area contributed by atoms with Crippen molar-refractivity contribution in [3.63, 3.8) is 0 Å². The van der Waals surface area contributed by atoms with Gasteiger partial charge in [0.2, 0.25) is 17.7 Å². The first-order valence-electron chi connectivity index (χ1n) is 9.22. The van der Waals surface area contributed by atoms with Crippen LogP contribution >= 0.6 is 12.6 Å². The van der Waals surface area contributed by atoms with E-state index >= 15 is 0 Å². The number of aliphatic hydroxyl groups is 1. The molecule has 0 spiro atoms. The summed E-state index contributed by atoms with van der Waals surface area (Å²) in [5.74, 6) is -5.57. The highest BCUT2D eigenvalue weighted by molar-refractivity contribution is 7.80. The van der Waals surface area contributed by atoms with Gasteiger partial charge in [-0.15, -0.1) is 0 Å². The molecule has 0 radical (unpaired) electrons. The van der Waals surface area contributed by atoms with E-state index < -0.39 is 72.3 Å². The lowest BCUT2D eigenvalue weighted by atomic mass is 10.0. The third kappa shape index (κ3) is 9.41. The summed E-state index contributed by atoms with van der Waals surface area (Å²) >= 11 is 3.89. The van der Waals surface area contributed by atoms with Crippen LogP contribution in [0.1, 0.15) is 33.6 Å². The van der Waals surface area contributed by atoms with Gasteiger partial charge in [0.05, 0.1) is 12.1 Å². The number of hydrogen-bond donors (Lipinski definition) is 8. The van der Waals surface area contributed by atoms with Gasteiger partial charge in [-0.25, -0.2) is 4.79 Å². The maximum Gasteiger partial charge on any atom is 0.328 e. The van der Waals surface area contributed by atoms with Gasteiger partial charge >= 0.3 is 11.9 Å². The van der Waals surface area contributed by atoms with Crippen LogP contribution in [-0.4, -0.2) is 81.0 Å². The Hall–Kier alpha value is -2.38. The Morgan fingerprint density at radius 3 is 1.83 bits per heavy atom. The predicted molar refractivity (Wildman–Crippen MR) is 109 cm³/mol. The van der Waals surface area contributed by atoms with E-state index in [2.05, 4.69) is 28.6 Å². The van der Waals surface area contributed by atoms with Crippen LogP contribution in [0.25, 0.3) is 0 Å². The Bertz CT molecular complexity index is 643. The lowest BCUT2D eigenvalue weighted by molar-refractivity contribution is -0.145. The van der Waals surface area contributed by atoms with Crippen LogP contribution in [0.3, 0.4) is 0 Å². The van der Waals surface area contributed by atoms with Gasteiger partial charge in [0.15, 0.2) is 6.04 Å². The third-order valence-electron chi connectivity index (χ3n) is 4.11. The van der Waals surface area contributed by atoms with Crippen molar-refractivity contribution < 1.29 is 39.3 Å². The number of thiol groups is 1. The summed E-state index contributed by atoms with van der Waals surface area (Å²) in [7, 11) is 0. The maximum absolute atomic E-state index is 12.7. The molecule has 0 saturated carbocycles. The minimum atomic E-state index is -1.59. The fourth-order valence-electron chi connectivity index (χ4n) is 2.32. The minimum absolute atomic E-state index is 0.00789. The lowest BCUT2D eigenvalue weighted by Gasteiger charge is -2.27. The highest BCUT2D eigenvalue weighted by Gasteiger charge is 2.33. The number of carbonyl (C=O) groups excluding carboxylic acids is 3. The van der Waals surface area contributed by atoms with Gasteiger partial charge in [-0.2, -0.15) is 12.6 Å². The number of hydrogen-bond acceptors (Lipinski definition) is 8. The molecular weight excluding hydrogens is 420 g/mol. The van der Waals surface area contributed by atoms with E-state index in [9.17, 15) is 29.1 Å². The van der Waals surface area contributed by atoms with Crippen LogP contribution < -0.4 is 21.7 Å². The highest BCUT2D eigenvalue weighted by Crippen LogP contribution is 2.07. The molecule has 12 nitrogen and oxygen atoms in total. The van der Waals surface area contributed by atoms with Crippen molar-refractivity contribution in [3.05, 3.63) is 0 Å². The zero-order valence-corrected chi connectivity index (χ0v) is 17.9. The van der Waals surface area contributed by atoms with Crippen LogP contribution in [0.4, 0.5) is 0 Å². The smallest absolute Gasteiger partial charge is 0.328 e. The molecule has 0 heterocycles. The van der Waals surface area contributed by atoms with Crippen LogP contribution in [0.2, 0.25) is 0 Å². The van der Waals surface area contributed by atoms with Crippen LogP contribution in [0.15, 0.2) is 0 Å². The molecule has 0 bridgehead atoms. The SMILES string of the molecule is CC(C)C(NC(=O)C(CCC(=O)O)NC(=O)C(N)CS)C(=O)NC(C(=O)O)C(C)O. The Kier molecular flexibility index (Phi) is 12.0. The second-order valence-electron chi connectivity index (χ2n) is 7.08. The average molecular weight is 451 g/mol. The molecule has 30 heavy (non-hydrogen) atoms. The Morgan fingerprint density at radius 2 is 1.43 bits per heavy atom. The number of amides is 3. The molecule has 5 unspecified atom stereocenters. The van der Waals surface area contributed by atoms with Gasteiger partial charge in [0.25, 0.3) is 0 Å². The largest absolute Gasteiger partial charge is 0.481 e. The van der Waals surface area contributed by atoms with E-state index in [4.69, 9.17) is 15.9 Å². The zero-order chi connectivity index (χ0) is 23.6. The predicted octanol–water partition coefficient (Wildman–Crippen LogP) is -2.32. The molecule has 0 saturated heterocycles. The quantitative estimate of drug-likeness (QED) is 0.141. The number of aliphatic carboxylic acids is 2. The van der Waals surface area contributed by atoms with Crippen molar-refractivity contribution in [2.75, 3.05) is 5.75 Å². The van der Waals surface area contributed by atoms with Crippen LogP contribution in [0.5, 0.6) is 0 Å². The lowest BCUT2D eigenvalue weighted by Crippen LogP contribution is -2.59. The molecule has 0 aromatic heterocycles. The number of nitrogens with one attached hydrogen (secondary N) is 3. The zero-order valence-electron chi connectivity index (χ0n) is 17.0. The number of carboxylic acids is 2. The molecule has 8 N–H and O–H groups in total. The molecule has 0 rings (SSSR count). The fourth-order valence-corrected chi connectivity index (χ4v) is 2.48. The summed E-state index contributed by atoms with van der Waals surface area (Å²) in [4.78, 5) is 59.2. The third-order valence-corrected chi connectivity index (χ3v) is 4.50. The van der Waals surface area contributed by atoms with E-state index in [1.54, 1.807) is 13.8 Å². The van der Waals surface area contributed by atoms with E-state index in [0.29, 0.717) is 0 Å².